The first-order valence-electron chi connectivity index (χ1n) is 7.15. The van der Waals surface area contributed by atoms with Crippen molar-refractivity contribution in [1.82, 2.24) is 9.97 Å². The predicted octanol–water partition coefficient (Wildman–Crippen LogP) is 3.33. The van der Waals surface area contributed by atoms with E-state index in [0.29, 0.717) is 17.1 Å². The largest absolute Gasteiger partial charge is 0.384 e. The fourth-order valence-corrected chi connectivity index (χ4v) is 2.38. The van der Waals surface area contributed by atoms with Crippen molar-refractivity contribution in [2.45, 2.75) is 26.2 Å². The van der Waals surface area contributed by atoms with Gasteiger partial charge < -0.3 is 11.1 Å². The first-order chi connectivity index (χ1) is 9.71. The number of benzene rings is 1. The molecule has 4 nitrogen and oxygen atoms in total. The van der Waals surface area contributed by atoms with Crippen molar-refractivity contribution >= 4 is 11.6 Å². The van der Waals surface area contributed by atoms with E-state index in [0.717, 1.165) is 17.9 Å². The molecule has 1 aromatic heterocycles. The van der Waals surface area contributed by atoms with Crippen molar-refractivity contribution < 1.29 is 0 Å². The zero-order chi connectivity index (χ0) is 14.0. The van der Waals surface area contributed by atoms with E-state index in [1.807, 2.05) is 30.3 Å². The molecule has 1 heterocycles. The Morgan fingerprint density at radius 2 is 1.95 bits per heavy atom. The van der Waals surface area contributed by atoms with E-state index in [-0.39, 0.29) is 0 Å². The maximum absolute atomic E-state index is 5.89. The third kappa shape index (κ3) is 2.74. The average molecular weight is 268 g/mol. The van der Waals surface area contributed by atoms with Crippen LogP contribution in [0.15, 0.2) is 36.4 Å². The van der Waals surface area contributed by atoms with Gasteiger partial charge in [-0.2, -0.15) is 0 Å². The second-order valence-corrected chi connectivity index (χ2v) is 5.57. The average Bonchev–Trinajstić information content (AvgIpc) is 3.26. The SMILES string of the molecule is CCC1(CNc2cc(N)nc(-c3ccccc3)n2)CC1. The van der Waals surface area contributed by atoms with Gasteiger partial charge >= 0.3 is 0 Å². The van der Waals surface area contributed by atoms with Crippen LogP contribution in [0.25, 0.3) is 11.4 Å². The Hall–Kier alpha value is -2.10. The molecule has 1 aliphatic carbocycles. The summed E-state index contributed by atoms with van der Waals surface area (Å²) in [6.45, 7) is 3.21. The minimum atomic E-state index is 0.479. The highest BCUT2D eigenvalue weighted by Gasteiger charge is 2.40. The van der Waals surface area contributed by atoms with Gasteiger partial charge in [0.05, 0.1) is 0 Å². The molecule has 2 aromatic rings. The summed E-state index contributed by atoms with van der Waals surface area (Å²) in [4.78, 5) is 8.88. The number of rotatable bonds is 5. The highest BCUT2D eigenvalue weighted by Crippen LogP contribution is 2.48. The highest BCUT2D eigenvalue weighted by atomic mass is 15.1. The first kappa shape index (κ1) is 12.9. The predicted molar refractivity (Wildman–Crippen MR) is 82.3 cm³/mol. The topological polar surface area (TPSA) is 63.8 Å². The lowest BCUT2D eigenvalue weighted by Gasteiger charge is -2.14. The molecule has 104 valence electrons. The van der Waals surface area contributed by atoms with Crippen LogP contribution in [0.4, 0.5) is 11.6 Å². The Balaban J connectivity index is 1.80. The Morgan fingerprint density at radius 1 is 1.20 bits per heavy atom. The molecule has 1 fully saturated rings. The second-order valence-electron chi connectivity index (χ2n) is 5.57. The fourth-order valence-electron chi connectivity index (χ4n) is 2.38. The number of anilines is 2. The van der Waals surface area contributed by atoms with Gasteiger partial charge in [-0.3, -0.25) is 0 Å². The summed E-state index contributed by atoms with van der Waals surface area (Å²) in [5.74, 6) is 1.99. The number of nitrogens with one attached hydrogen (secondary N) is 1. The van der Waals surface area contributed by atoms with E-state index < -0.39 is 0 Å². The molecule has 3 N–H and O–H groups in total. The monoisotopic (exact) mass is 268 g/mol. The summed E-state index contributed by atoms with van der Waals surface area (Å²) >= 11 is 0. The fraction of sp³-hybridized carbons (Fsp3) is 0.375. The summed E-state index contributed by atoms with van der Waals surface area (Å²) < 4.78 is 0. The maximum Gasteiger partial charge on any atom is 0.163 e. The van der Waals surface area contributed by atoms with Crippen LogP contribution < -0.4 is 11.1 Å². The van der Waals surface area contributed by atoms with Crippen molar-refractivity contribution in [3.63, 3.8) is 0 Å². The van der Waals surface area contributed by atoms with Crippen LogP contribution in [0.5, 0.6) is 0 Å². The molecule has 20 heavy (non-hydrogen) atoms. The Bertz CT molecular complexity index is 591. The molecule has 0 radical (unpaired) electrons. The van der Waals surface area contributed by atoms with Gasteiger partial charge in [-0.15, -0.1) is 0 Å². The molecular formula is C16H20N4. The van der Waals surface area contributed by atoms with Gasteiger partial charge in [0.1, 0.15) is 11.6 Å². The lowest BCUT2D eigenvalue weighted by molar-refractivity contribution is 0.521. The van der Waals surface area contributed by atoms with Crippen LogP contribution in [0.1, 0.15) is 26.2 Å². The number of nitrogens with zero attached hydrogens (tertiary/aromatic N) is 2. The maximum atomic E-state index is 5.89. The Morgan fingerprint density at radius 3 is 2.60 bits per heavy atom. The first-order valence-corrected chi connectivity index (χ1v) is 7.15. The molecule has 0 atom stereocenters. The molecule has 0 amide bonds. The van der Waals surface area contributed by atoms with Gasteiger partial charge in [-0.25, -0.2) is 9.97 Å². The van der Waals surface area contributed by atoms with Crippen LogP contribution in [0, 0.1) is 5.41 Å². The van der Waals surface area contributed by atoms with Crippen molar-refractivity contribution in [2.75, 3.05) is 17.6 Å². The summed E-state index contributed by atoms with van der Waals surface area (Å²) in [5.41, 5.74) is 7.36. The van der Waals surface area contributed by atoms with Gasteiger partial charge in [-0.05, 0) is 24.7 Å². The normalized spacial score (nSPS) is 15.8. The summed E-state index contributed by atoms with van der Waals surface area (Å²) in [7, 11) is 0. The standard InChI is InChI=1S/C16H20N4/c1-2-16(8-9-16)11-18-14-10-13(17)19-15(20-14)12-6-4-3-5-7-12/h3-7,10H,2,8-9,11H2,1H3,(H3,17,18,19,20). The van der Waals surface area contributed by atoms with Crippen LogP contribution >= 0.6 is 0 Å². The van der Waals surface area contributed by atoms with Gasteiger partial charge in [0, 0.05) is 18.2 Å². The summed E-state index contributed by atoms with van der Waals surface area (Å²) in [5, 5.41) is 3.42. The molecule has 1 saturated carbocycles. The molecule has 0 unspecified atom stereocenters. The molecular weight excluding hydrogens is 248 g/mol. The van der Waals surface area contributed by atoms with E-state index >= 15 is 0 Å². The molecule has 3 rings (SSSR count). The number of nitrogens with two attached hydrogens (primary N) is 1. The van der Waals surface area contributed by atoms with Crippen LogP contribution in [-0.2, 0) is 0 Å². The zero-order valence-corrected chi connectivity index (χ0v) is 11.8. The van der Waals surface area contributed by atoms with Crippen molar-refractivity contribution in [2.24, 2.45) is 5.41 Å². The van der Waals surface area contributed by atoms with Crippen LogP contribution in [0.3, 0.4) is 0 Å². The third-order valence-corrected chi connectivity index (χ3v) is 4.13. The van der Waals surface area contributed by atoms with Gasteiger partial charge in [0.25, 0.3) is 0 Å². The van der Waals surface area contributed by atoms with E-state index in [9.17, 15) is 0 Å². The minimum absolute atomic E-state index is 0.479. The lowest BCUT2D eigenvalue weighted by Crippen LogP contribution is -2.15. The Kier molecular flexibility index (Phi) is 3.30. The molecule has 0 spiro atoms. The summed E-state index contributed by atoms with van der Waals surface area (Å²) in [6, 6.07) is 11.7. The number of hydrogen-bond donors (Lipinski definition) is 2. The van der Waals surface area contributed by atoms with Crippen molar-refractivity contribution in [3.05, 3.63) is 36.4 Å². The highest BCUT2D eigenvalue weighted by molar-refractivity contribution is 5.60. The second kappa shape index (κ2) is 5.12. The van der Waals surface area contributed by atoms with E-state index in [4.69, 9.17) is 5.73 Å². The van der Waals surface area contributed by atoms with E-state index in [1.54, 1.807) is 6.07 Å². The smallest absolute Gasteiger partial charge is 0.163 e. The van der Waals surface area contributed by atoms with Gasteiger partial charge in [0.2, 0.25) is 0 Å². The molecule has 0 saturated heterocycles. The van der Waals surface area contributed by atoms with Gasteiger partial charge in [0.15, 0.2) is 5.82 Å². The van der Waals surface area contributed by atoms with Gasteiger partial charge in [-0.1, -0.05) is 37.3 Å². The lowest BCUT2D eigenvalue weighted by atomic mass is 10.0. The quantitative estimate of drug-likeness (QED) is 0.873. The van der Waals surface area contributed by atoms with Crippen LogP contribution in [-0.4, -0.2) is 16.5 Å². The number of hydrogen-bond acceptors (Lipinski definition) is 4. The van der Waals surface area contributed by atoms with Crippen LogP contribution in [0.2, 0.25) is 0 Å². The molecule has 1 aromatic carbocycles. The van der Waals surface area contributed by atoms with E-state index in [2.05, 4.69) is 22.2 Å². The molecule has 0 aliphatic heterocycles. The Labute approximate surface area is 119 Å². The molecule has 1 aliphatic rings. The third-order valence-electron chi connectivity index (χ3n) is 4.13. The van der Waals surface area contributed by atoms with E-state index in [1.165, 1.54) is 19.3 Å². The van der Waals surface area contributed by atoms with Crippen molar-refractivity contribution in [3.8, 4) is 11.4 Å². The van der Waals surface area contributed by atoms with Crippen molar-refractivity contribution in [1.29, 1.82) is 0 Å². The zero-order valence-electron chi connectivity index (χ0n) is 11.8. The minimum Gasteiger partial charge on any atom is -0.384 e. The summed E-state index contributed by atoms with van der Waals surface area (Å²) in [6.07, 6.45) is 3.83. The molecule has 0 bridgehead atoms. The number of nitrogen functional groups attached to an aromatic ring is 1. The number of aromatic nitrogens is 2. The molecule has 4 heteroatoms.